The summed E-state index contributed by atoms with van der Waals surface area (Å²) in [5.41, 5.74) is 5.70. The van der Waals surface area contributed by atoms with E-state index in [1.807, 2.05) is 6.07 Å². The number of hydrogen-bond donors (Lipinski definition) is 2. The first-order valence-electron chi connectivity index (χ1n) is 5.27. The first kappa shape index (κ1) is 11.6. The Kier molecular flexibility index (Phi) is 2.60. The van der Waals surface area contributed by atoms with E-state index in [0.717, 1.165) is 6.07 Å². The standard InChI is InChI=1S/C12H12FN3O/c1-7-9(13)4-8(6-14)5-10(7)16-11(17)12(15)2-3-12/h4-5H,2-3,15H2,1H3,(H,16,17). The number of carbonyl (C=O) groups is 1. The Labute approximate surface area is 98.2 Å². The molecule has 1 fully saturated rings. The highest BCUT2D eigenvalue weighted by Gasteiger charge is 2.46. The zero-order valence-electron chi connectivity index (χ0n) is 9.38. The second kappa shape index (κ2) is 3.82. The van der Waals surface area contributed by atoms with Crippen LogP contribution in [0, 0.1) is 24.1 Å². The fourth-order valence-electron chi connectivity index (χ4n) is 1.48. The van der Waals surface area contributed by atoms with Crippen molar-refractivity contribution in [3.05, 3.63) is 29.1 Å². The summed E-state index contributed by atoms with van der Waals surface area (Å²) in [6, 6.07) is 4.43. The van der Waals surface area contributed by atoms with Gasteiger partial charge in [0.1, 0.15) is 5.82 Å². The largest absolute Gasteiger partial charge is 0.324 e. The summed E-state index contributed by atoms with van der Waals surface area (Å²) in [5.74, 6) is -0.837. The third-order valence-electron chi connectivity index (χ3n) is 2.96. The molecule has 0 unspecified atom stereocenters. The Morgan fingerprint density at radius 3 is 2.76 bits per heavy atom. The van der Waals surface area contributed by atoms with Crippen molar-refractivity contribution < 1.29 is 9.18 Å². The first-order valence-corrected chi connectivity index (χ1v) is 5.27. The maximum atomic E-state index is 13.5. The number of halogens is 1. The maximum Gasteiger partial charge on any atom is 0.244 e. The molecule has 1 aromatic rings. The molecule has 1 saturated carbocycles. The Balaban J connectivity index is 2.29. The van der Waals surface area contributed by atoms with Crippen LogP contribution in [0.4, 0.5) is 10.1 Å². The average Bonchev–Trinajstić information content (AvgIpc) is 3.04. The monoisotopic (exact) mass is 233 g/mol. The van der Waals surface area contributed by atoms with Crippen molar-refractivity contribution >= 4 is 11.6 Å². The second-order valence-corrected chi connectivity index (χ2v) is 4.35. The van der Waals surface area contributed by atoms with Crippen LogP contribution in [0.25, 0.3) is 0 Å². The number of nitrogens with zero attached hydrogens (tertiary/aromatic N) is 1. The molecular formula is C12H12FN3O. The molecule has 1 aromatic carbocycles. The molecule has 0 atom stereocenters. The molecule has 0 heterocycles. The van der Waals surface area contributed by atoms with Gasteiger partial charge in [0.25, 0.3) is 0 Å². The number of nitrogens with two attached hydrogens (primary N) is 1. The van der Waals surface area contributed by atoms with Crippen molar-refractivity contribution in [3.8, 4) is 6.07 Å². The Morgan fingerprint density at radius 2 is 2.24 bits per heavy atom. The third kappa shape index (κ3) is 2.12. The Hall–Kier alpha value is -1.93. The van der Waals surface area contributed by atoms with E-state index >= 15 is 0 Å². The van der Waals surface area contributed by atoms with E-state index in [1.165, 1.54) is 6.07 Å². The third-order valence-corrected chi connectivity index (χ3v) is 2.96. The van der Waals surface area contributed by atoms with Crippen LogP contribution in [0.5, 0.6) is 0 Å². The highest BCUT2D eigenvalue weighted by Crippen LogP contribution is 2.34. The molecule has 17 heavy (non-hydrogen) atoms. The number of benzene rings is 1. The van der Waals surface area contributed by atoms with Gasteiger partial charge in [-0.1, -0.05) is 0 Å². The number of nitrogens with one attached hydrogen (secondary N) is 1. The quantitative estimate of drug-likeness (QED) is 0.811. The van der Waals surface area contributed by atoms with Crippen LogP contribution in [0.15, 0.2) is 12.1 Å². The highest BCUT2D eigenvalue weighted by molar-refractivity contribution is 6.00. The van der Waals surface area contributed by atoms with Gasteiger partial charge in [0.15, 0.2) is 0 Å². The van der Waals surface area contributed by atoms with Crippen LogP contribution in [-0.2, 0) is 4.79 Å². The van der Waals surface area contributed by atoms with Gasteiger partial charge in [-0.15, -0.1) is 0 Å². The first-order chi connectivity index (χ1) is 7.96. The summed E-state index contributed by atoms with van der Waals surface area (Å²) in [5, 5.41) is 11.3. The molecule has 2 rings (SSSR count). The van der Waals surface area contributed by atoms with E-state index in [4.69, 9.17) is 11.0 Å². The van der Waals surface area contributed by atoms with Gasteiger partial charge < -0.3 is 11.1 Å². The fraction of sp³-hybridized carbons (Fsp3) is 0.333. The molecule has 1 aliphatic carbocycles. The van der Waals surface area contributed by atoms with Gasteiger partial charge in [0.05, 0.1) is 17.2 Å². The smallest absolute Gasteiger partial charge is 0.244 e. The summed E-state index contributed by atoms with van der Waals surface area (Å²) in [6.45, 7) is 1.54. The average molecular weight is 233 g/mol. The lowest BCUT2D eigenvalue weighted by molar-refractivity contribution is -0.118. The Bertz CT molecular complexity index is 529. The number of carbonyl (C=O) groups excluding carboxylic acids is 1. The van der Waals surface area contributed by atoms with Crippen LogP contribution < -0.4 is 11.1 Å². The lowest BCUT2D eigenvalue weighted by Gasteiger charge is -2.13. The highest BCUT2D eigenvalue weighted by atomic mass is 19.1. The van der Waals surface area contributed by atoms with Crippen molar-refractivity contribution in [2.75, 3.05) is 5.32 Å². The van der Waals surface area contributed by atoms with Crippen molar-refractivity contribution in [2.45, 2.75) is 25.3 Å². The van der Waals surface area contributed by atoms with E-state index in [1.54, 1.807) is 6.92 Å². The summed E-state index contributed by atoms with van der Waals surface area (Å²) < 4.78 is 13.5. The minimum Gasteiger partial charge on any atom is -0.324 e. The minimum atomic E-state index is -0.814. The van der Waals surface area contributed by atoms with Gasteiger partial charge in [-0.05, 0) is 31.9 Å². The molecule has 1 aliphatic rings. The van der Waals surface area contributed by atoms with Crippen LogP contribution >= 0.6 is 0 Å². The van der Waals surface area contributed by atoms with Crippen LogP contribution in [0.1, 0.15) is 24.0 Å². The van der Waals surface area contributed by atoms with E-state index in [0.29, 0.717) is 24.1 Å². The second-order valence-electron chi connectivity index (χ2n) is 4.35. The van der Waals surface area contributed by atoms with Gasteiger partial charge in [0, 0.05) is 11.3 Å². The Morgan fingerprint density at radius 1 is 1.59 bits per heavy atom. The minimum absolute atomic E-state index is 0.172. The molecule has 4 nitrogen and oxygen atoms in total. The zero-order valence-corrected chi connectivity index (χ0v) is 9.38. The molecule has 88 valence electrons. The van der Waals surface area contributed by atoms with Gasteiger partial charge in [-0.2, -0.15) is 5.26 Å². The molecule has 0 bridgehead atoms. The van der Waals surface area contributed by atoms with Crippen molar-refractivity contribution in [1.82, 2.24) is 0 Å². The molecule has 5 heteroatoms. The van der Waals surface area contributed by atoms with Crippen LogP contribution in [0.2, 0.25) is 0 Å². The number of hydrogen-bond acceptors (Lipinski definition) is 3. The van der Waals surface area contributed by atoms with E-state index in [9.17, 15) is 9.18 Å². The van der Waals surface area contributed by atoms with Crippen molar-refractivity contribution in [3.63, 3.8) is 0 Å². The summed E-state index contributed by atoms with van der Waals surface area (Å²) in [4.78, 5) is 11.7. The van der Waals surface area contributed by atoms with E-state index in [2.05, 4.69) is 5.32 Å². The number of amides is 1. The topological polar surface area (TPSA) is 78.9 Å². The number of nitriles is 1. The maximum absolute atomic E-state index is 13.5. The SMILES string of the molecule is Cc1c(F)cc(C#N)cc1NC(=O)C1(N)CC1. The number of anilines is 1. The number of rotatable bonds is 2. The molecule has 0 aromatic heterocycles. The molecule has 0 aliphatic heterocycles. The molecule has 0 saturated heterocycles. The molecular weight excluding hydrogens is 221 g/mol. The zero-order chi connectivity index (χ0) is 12.6. The van der Waals surface area contributed by atoms with Crippen molar-refractivity contribution in [1.29, 1.82) is 5.26 Å². The van der Waals surface area contributed by atoms with Crippen molar-refractivity contribution in [2.24, 2.45) is 5.73 Å². The summed E-state index contributed by atoms with van der Waals surface area (Å²) in [6.07, 6.45) is 1.27. The lowest BCUT2D eigenvalue weighted by atomic mass is 10.1. The summed E-state index contributed by atoms with van der Waals surface area (Å²) in [7, 11) is 0. The van der Waals surface area contributed by atoms with Gasteiger partial charge in [-0.3, -0.25) is 4.79 Å². The van der Waals surface area contributed by atoms with Gasteiger partial charge in [0.2, 0.25) is 5.91 Å². The normalized spacial score (nSPS) is 16.1. The fourth-order valence-corrected chi connectivity index (χ4v) is 1.48. The van der Waals surface area contributed by atoms with Gasteiger partial charge >= 0.3 is 0 Å². The lowest BCUT2D eigenvalue weighted by Crippen LogP contribution is -2.38. The molecule has 0 spiro atoms. The molecule has 3 N–H and O–H groups in total. The van der Waals surface area contributed by atoms with E-state index in [-0.39, 0.29) is 11.5 Å². The van der Waals surface area contributed by atoms with Crippen LogP contribution in [0.3, 0.4) is 0 Å². The predicted molar refractivity (Wildman–Crippen MR) is 60.6 cm³/mol. The molecule has 0 radical (unpaired) electrons. The summed E-state index contributed by atoms with van der Waals surface area (Å²) >= 11 is 0. The van der Waals surface area contributed by atoms with E-state index < -0.39 is 11.4 Å². The molecule has 1 amide bonds. The van der Waals surface area contributed by atoms with Crippen LogP contribution in [-0.4, -0.2) is 11.4 Å². The van der Waals surface area contributed by atoms with Gasteiger partial charge in [-0.25, -0.2) is 4.39 Å². The predicted octanol–water partition coefficient (Wildman–Crippen LogP) is 1.44.